The third kappa shape index (κ3) is 3.40. The Labute approximate surface area is 114 Å². The number of nitro groups is 1. The third-order valence-electron chi connectivity index (χ3n) is 2.56. The predicted octanol–water partition coefficient (Wildman–Crippen LogP) is 0.260. The fourth-order valence-electron chi connectivity index (χ4n) is 1.52. The standard InChI is InChI=1S/C11H14N4O5/c1-3-14(6-9(16)12-2)10-8(15(19)20)5-4-7(13-10)11(17)18/h4-5H,3,6H2,1-2H3,(H,12,16)(H,17,18). The SMILES string of the molecule is CCN(CC(=O)NC)c1nc(C(=O)O)ccc1[N+](=O)[O-]. The summed E-state index contributed by atoms with van der Waals surface area (Å²) >= 11 is 0. The van der Waals surface area contributed by atoms with E-state index in [0.717, 1.165) is 12.1 Å². The van der Waals surface area contributed by atoms with Crippen molar-refractivity contribution >= 4 is 23.4 Å². The molecule has 0 saturated heterocycles. The molecule has 1 aromatic heterocycles. The second-order valence-corrected chi connectivity index (χ2v) is 3.79. The molecule has 0 bridgehead atoms. The van der Waals surface area contributed by atoms with Gasteiger partial charge < -0.3 is 15.3 Å². The zero-order valence-electron chi connectivity index (χ0n) is 11.0. The number of carbonyl (C=O) groups excluding carboxylic acids is 1. The van der Waals surface area contributed by atoms with Crippen LogP contribution in [0.4, 0.5) is 11.5 Å². The molecule has 2 N–H and O–H groups in total. The summed E-state index contributed by atoms with van der Waals surface area (Å²) in [4.78, 5) is 37.7. The van der Waals surface area contributed by atoms with Crippen molar-refractivity contribution in [3.63, 3.8) is 0 Å². The summed E-state index contributed by atoms with van der Waals surface area (Å²) in [7, 11) is 1.44. The minimum atomic E-state index is -1.29. The molecule has 108 valence electrons. The lowest BCUT2D eigenvalue weighted by Crippen LogP contribution is -2.36. The van der Waals surface area contributed by atoms with Crippen LogP contribution in [0.2, 0.25) is 0 Å². The number of aromatic nitrogens is 1. The summed E-state index contributed by atoms with van der Waals surface area (Å²) in [5.41, 5.74) is -0.665. The Hall–Kier alpha value is -2.71. The monoisotopic (exact) mass is 282 g/mol. The smallest absolute Gasteiger partial charge is 0.354 e. The molecule has 9 nitrogen and oxygen atoms in total. The van der Waals surface area contributed by atoms with Gasteiger partial charge in [0.05, 0.1) is 11.5 Å². The number of carboxylic acids is 1. The lowest BCUT2D eigenvalue weighted by atomic mass is 10.3. The highest BCUT2D eigenvalue weighted by molar-refractivity contribution is 5.87. The highest BCUT2D eigenvalue weighted by atomic mass is 16.6. The Kier molecular flexibility index (Phi) is 4.95. The van der Waals surface area contributed by atoms with E-state index in [1.807, 2.05) is 0 Å². The van der Waals surface area contributed by atoms with Crippen molar-refractivity contribution < 1.29 is 19.6 Å². The van der Waals surface area contributed by atoms with Gasteiger partial charge in [-0.25, -0.2) is 9.78 Å². The number of hydrogen-bond acceptors (Lipinski definition) is 6. The van der Waals surface area contributed by atoms with Gasteiger partial charge in [0.15, 0.2) is 5.69 Å². The lowest BCUT2D eigenvalue weighted by Gasteiger charge is -2.20. The molecule has 20 heavy (non-hydrogen) atoms. The van der Waals surface area contributed by atoms with Crippen LogP contribution in [-0.4, -0.2) is 47.0 Å². The number of carboxylic acid groups (broad SMARTS) is 1. The lowest BCUT2D eigenvalue weighted by molar-refractivity contribution is -0.384. The summed E-state index contributed by atoms with van der Waals surface area (Å²) in [5.74, 6) is -1.79. The summed E-state index contributed by atoms with van der Waals surface area (Å²) in [5, 5.41) is 22.3. The molecule has 1 aromatic rings. The van der Waals surface area contributed by atoms with Crippen molar-refractivity contribution in [1.29, 1.82) is 0 Å². The molecular formula is C11H14N4O5. The third-order valence-corrected chi connectivity index (χ3v) is 2.56. The van der Waals surface area contributed by atoms with E-state index in [1.165, 1.54) is 11.9 Å². The molecule has 0 unspecified atom stereocenters. The normalized spacial score (nSPS) is 9.90. The van der Waals surface area contributed by atoms with E-state index < -0.39 is 10.9 Å². The quantitative estimate of drug-likeness (QED) is 0.566. The molecule has 0 saturated carbocycles. The van der Waals surface area contributed by atoms with Crippen molar-refractivity contribution in [3.05, 3.63) is 27.9 Å². The van der Waals surface area contributed by atoms with E-state index in [-0.39, 0.29) is 36.2 Å². The maximum Gasteiger partial charge on any atom is 0.354 e. The minimum Gasteiger partial charge on any atom is -0.477 e. The van der Waals surface area contributed by atoms with Crippen molar-refractivity contribution in [2.24, 2.45) is 0 Å². The maximum atomic E-state index is 11.4. The molecule has 0 aliphatic rings. The zero-order chi connectivity index (χ0) is 15.3. The fourth-order valence-corrected chi connectivity index (χ4v) is 1.52. The van der Waals surface area contributed by atoms with Crippen molar-refractivity contribution in [1.82, 2.24) is 10.3 Å². The van der Waals surface area contributed by atoms with Crippen LogP contribution < -0.4 is 10.2 Å². The zero-order valence-corrected chi connectivity index (χ0v) is 11.0. The highest BCUT2D eigenvalue weighted by Crippen LogP contribution is 2.25. The molecular weight excluding hydrogens is 268 g/mol. The molecule has 1 rings (SSSR count). The Morgan fingerprint density at radius 2 is 2.15 bits per heavy atom. The van der Waals surface area contributed by atoms with Gasteiger partial charge in [-0.15, -0.1) is 0 Å². The van der Waals surface area contributed by atoms with Crippen molar-refractivity contribution in [2.45, 2.75) is 6.92 Å². The number of carbonyl (C=O) groups is 2. The minimum absolute atomic E-state index is 0.138. The van der Waals surface area contributed by atoms with E-state index in [1.54, 1.807) is 6.92 Å². The van der Waals surface area contributed by atoms with Crippen molar-refractivity contribution in [2.75, 3.05) is 25.0 Å². The molecule has 0 spiro atoms. The van der Waals surface area contributed by atoms with Gasteiger partial charge in [0.25, 0.3) is 0 Å². The van der Waals surface area contributed by atoms with Gasteiger partial charge >= 0.3 is 11.7 Å². The van der Waals surface area contributed by atoms with Crippen LogP contribution in [0.15, 0.2) is 12.1 Å². The largest absolute Gasteiger partial charge is 0.477 e. The molecule has 1 heterocycles. The number of rotatable bonds is 6. The van der Waals surface area contributed by atoms with Crippen LogP contribution in [0.3, 0.4) is 0 Å². The molecule has 1 amide bonds. The molecule has 0 aliphatic heterocycles. The first-order valence-electron chi connectivity index (χ1n) is 5.75. The van der Waals surface area contributed by atoms with Crippen LogP contribution >= 0.6 is 0 Å². The fraction of sp³-hybridized carbons (Fsp3) is 0.364. The average molecular weight is 282 g/mol. The van der Waals surface area contributed by atoms with Gasteiger partial charge in [0.1, 0.15) is 0 Å². The van der Waals surface area contributed by atoms with E-state index in [4.69, 9.17) is 5.11 Å². The molecule has 0 aliphatic carbocycles. The topological polar surface area (TPSA) is 126 Å². The number of aromatic carboxylic acids is 1. The average Bonchev–Trinajstić information content (AvgIpc) is 2.43. The summed E-state index contributed by atoms with van der Waals surface area (Å²) in [6.07, 6.45) is 0. The van der Waals surface area contributed by atoms with Crippen LogP contribution in [0.5, 0.6) is 0 Å². The number of pyridine rings is 1. The van der Waals surface area contributed by atoms with Crippen molar-refractivity contribution in [3.8, 4) is 0 Å². The number of hydrogen-bond donors (Lipinski definition) is 2. The summed E-state index contributed by atoms with van der Waals surface area (Å²) in [6, 6.07) is 2.12. The first-order valence-corrected chi connectivity index (χ1v) is 5.75. The van der Waals surface area contributed by atoms with Gasteiger partial charge in [-0.3, -0.25) is 14.9 Å². The second kappa shape index (κ2) is 6.45. The van der Waals surface area contributed by atoms with Gasteiger partial charge in [-0.2, -0.15) is 0 Å². The molecule has 0 atom stereocenters. The number of nitrogens with zero attached hydrogens (tertiary/aromatic N) is 3. The molecule has 0 aromatic carbocycles. The van der Waals surface area contributed by atoms with Crippen LogP contribution in [-0.2, 0) is 4.79 Å². The number of anilines is 1. The predicted molar refractivity (Wildman–Crippen MR) is 69.8 cm³/mol. The first-order chi connectivity index (χ1) is 9.40. The number of nitrogens with one attached hydrogen (secondary N) is 1. The number of likely N-dealkylation sites (N-methyl/N-ethyl adjacent to an activating group) is 2. The van der Waals surface area contributed by atoms with Crippen LogP contribution in [0.1, 0.15) is 17.4 Å². The summed E-state index contributed by atoms with van der Waals surface area (Å²) in [6.45, 7) is 1.80. The van der Waals surface area contributed by atoms with Crippen LogP contribution in [0, 0.1) is 10.1 Å². The number of amides is 1. The Bertz CT molecular complexity index is 546. The Morgan fingerprint density at radius 1 is 1.50 bits per heavy atom. The van der Waals surface area contributed by atoms with Gasteiger partial charge in [0.2, 0.25) is 11.7 Å². The molecule has 0 fully saturated rings. The Morgan fingerprint density at radius 3 is 2.60 bits per heavy atom. The second-order valence-electron chi connectivity index (χ2n) is 3.79. The van der Waals surface area contributed by atoms with E-state index >= 15 is 0 Å². The van der Waals surface area contributed by atoms with Gasteiger partial charge in [-0.1, -0.05) is 0 Å². The summed E-state index contributed by atoms with van der Waals surface area (Å²) < 4.78 is 0. The van der Waals surface area contributed by atoms with Gasteiger partial charge in [0, 0.05) is 19.7 Å². The van der Waals surface area contributed by atoms with E-state index in [0.29, 0.717) is 0 Å². The first kappa shape index (κ1) is 15.3. The maximum absolute atomic E-state index is 11.4. The molecule has 0 radical (unpaired) electrons. The van der Waals surface area contributed by atoms with Crippen LogP contribution in [0.25, 0.3) is 0 Å². The van der Waals surface area contributed by atoms with E-state index in [9.17, 15) is 19.7 Å². The highest BCUT2D eigenvalue weighted by Gasteiger charge is 2.23. The van der Waals surface area contributed by atoms with E-state index in [2.05, 4.69) is 10.3 Å². The Balaban J connectivity index is 3.28. The van der Waals surface area contributed by atoms with Gasteiger partial charge in [-0.05, 0) is 13.0 Å². The molecule has 9 heteroatoms.